The summed E-state index contributed by atoms with van der Waals surface area (Å²) in [5.74, 6) is -2.89. The molecule has 0 saturated carbocycles. The van der Waals surface area contributed by atoms with Crippen molar-refractivity contribution in [3.05, 3.63) is 16.9 Å². The summed E-state index contributed by atoms with van der Waals surface area (Å²) in [6.07, 6.45) is 1.82. The van der Waals surface area contributed by atoms with E-state index in [4.69, 9.17) is 5.73 Å². The van der Waals surface area contributed by atoms with Crippen molar-refractivity contribution >= 4 is 35.5 Å². The lowest BCUT2D eigenvalue weighted by Gasteiger charge is -2.47. The van der Waals surface area contributed by atoms with Gasteiger partial charge in [0.2, 0.25) is 17.7 Å². The van der Waals surface area contributed by atoms with Gasteiger partial charge in [0.15, 0.2) is 0 Å². The molecule has 212 valence electrons. The molecule has 15 nitrogen and oxygen atoms in total. The number of likely N-dealkylation sites (tertiary alicyclic amines) is 1. The fraction of sp³-hybridized carbons (Fsp3) is 0.696. The van der Waals surface area contributed by atoms with Gasteiger partial charge in [-0.1, -0.05) is 6.92 Å². The van der Waals surface area contributed by atoms with Crippen LogP contribution in [0.25, 0.3) is 0 Å². The first kappa shape index (κ1) is 27.5. The van der Waals surface area contributed by atoms with Crippen LogP contribution in [0.5, 0.6) is 0 Å². The second-order valence-corrected chi connectivity index (χ2v) is 12.0. The fourth-order valence-electron chi connectivity index (χ4n) is 6.14. The number of fused-ring (bicyclic) bond motifs is 1. The van der Waals surface area contributed by atoms with Crippen molar-refractivity contribution in [2.24, 2.45) is 23.5 Å². The van der Waals surface area contributed by atoms with Crippen molar-refractivity contribution in [1.82, 2.24) is 40.6 Å². The topological polar surface area (TPSA) is 209 Å². The maximum absolute atomic E-state index is 13.1. The van der Waals surface area contributed by atoms with Crippen LogP contribution >= 0.6 is 11.8 Å². The molecule has 6 N–H and O–H groups in total. The minimum absolute atomic E-state index is 0.0166. The van der Waals surface area contributed by atoms with E-state index < -0.39 is 24.0 Å². The van der Waals surface area contributed by atoms with E-state index in [2.05, 4.69) is 26.2 Å². The molecule has 4 aliphatic heterocycles. The molecule has 39 heavy (non-hydrogen) atoms. The molecule has 5 rings (SSSR count). The number of β-lactam (4-membered cyclic amide) rings is 1. The third-order valence-electron chi connectivity index (χ3n) is 8.14. The number of nitrogens with zero attached hydrogens (tertiary/aromatic N) is 6. The number of nitrogens with two attached hydrogens (primary N) is 1. The lowest BCUT2D eigenvalue weighted by Crippen LogP contribution is -2.66. The van der Waals surface area contributed by atoms with E-state index in [0.717, 1.165) is 0 Å². The maximum Gasteiger partial charge on any atom is 0.353 e. The van der Waals surface area contributed by atoms with Gasteiger partial charge < -0.3 is 36.4 Å². The molecule has 0 radical (unpaired) electrons. The Hall–Kier alpha value is -3.08. The van der Waals surface area contributed by atoms with E-state index in [0.29, 0.717) is 31.0 Å². The molecular weight excluding hydrogens is 530 g/mol. The van der Waals surface area contributed by atoms with Crippen LogP contribution in [0, 0.1) is 17.8 Å². The zero-order valence-corrected chi connectivity index (χ0v) is 22.5. The van der Waals surface area contributed by atoms with Crippen molar-refractivity contribution in [2.75, 3.05) is 26.2 Å². The summed E-state index contributed by atoms with van der Waals surface area (Å²) in [4.78, 5) is 54.5. The SMILES string of the molecule is CC(NC(=O)Cn1cnnn1)[C@H]1C(=O)N2C(C(=O)O)=C(S[C@@H]3CN[C@H](C(=O)N4C[C@@H](CO)[C@H](N)C4)C3)[C@H](C)[C@H]12. The van der Waals surface area contributed by atoms with Crippen LogP contribution in [0.2, 0.25) is 0 Å². The third-order valence-corrected chi connectivity index (χ3v) is 9.65. The highest BCUT2D eigenvalue weighted by Gasteiger charge is 2.60. The summed E-state index contributed by atoms with van der Waals surface area (Å²) in [6, 6.07) is -1.58. The molecule has 5 heterocycles. The number of hydrogen-bond acceptors (Lipinski definition) is 11. The number of carboxylic acids is 1. The Kier molecular flexibility index (Phi) is 7.63. The molecule has 0 bridgehead atoms. The Balaban J connectivity index is 1.22. The van der Waals surface area contributed by atoms with E-state index in [1.807, 2.05) is 6.92 Å². The van der Waals surface area contributed by atoms with Crippen LogP contribution in [-0.4, -0.2) is 120 Å². The Morgan fingerprint density at radius 1 is 1.33 bits per heavy atom. The second kappa shape index (κ2) is 10.8. The molecule has 3 amide bonds. The molecule has 0 aliphatic carbocycles. The Morgan fingerprint density at radius 2 is 2.10 bits per heavy atom. The number of carbonyl (C=O) groups is 4. The van der Waals surface area contributed by atoms with Crippen LogP contribution in [0.1, 0.15) is 20.3 Å². The number of amides is 3. The molecule has 1 aromatic heterocycles. The Morgan fingerprint density at radius 3 is 2.74 bits per heavy atom. The highest BCUT2D eigenvalue weighted by molar-refractivity contribution is 8.03. The van der Waals surface area contributed by atoms with Gasteiger partial charge >= 0.3 is 5.97 Å². The average Bonchev–Trinajstić information content (AvgIpc) is 3.67. The van der Waals surface area contributed by atoms with E-state index in [9.17, 15) is 29.4 Å². The quantitative estimate of drug-likeness (QED) is 0.193. The standard InChI is InChI=1S/C23H33N9O6S/c1-10-18-17(11(2)27-16(34)7-31-9-26-28-29-31)22(36)32(18)19(23(37)38)20(10)39-13-3-15(25-4-13)21(35)30-5-12(8-33)14(24)6-30/h9-15,17-18,25,33H,3-8,24H2,1-2H3,(H,27,34)(H,37,38)/t10-,11?,12+,13+,14-,15+,17-,18-/m1/s1. The number of carbonyl (C=O) groups excluding carboxylic acids is 3. The Bertz CT molecular complexity index is 1180. The number of carboxylic acid groups (broad SMARTS) is 1. The van der Waals surface area contributed by atoms with Crippen LogP contribution < -0.4 is 16.4 Å². The first-order chi connectivity index (χ1) is 18.6. The lowest BCUT2D eigenvalue weighted by molar-refractivity contribution is -0.158. The van der Waals surface area contributed by atoms with E-state index in [1.54, 1.807) is 11.8 Å². The van der Waals surface area contributed by atoms with Crippen LogP contribution in [0.3, 0.4) is 0 Å². The number of hydrogen-bond donors (Lipinski definition) is 5. The zero-order valence-electron chi connectivity index (χ0n) is 21.6. The predicted octanol–water partition coefficient (Wildman–Crippen LogP) is -2.81. The van der Waals surface area contributed by atoms with Crippen molar-refractivity contribution in [1.29, 1.82) is 0 Å². The van der Waals surface area contributed by atoms with Gasteiger partial charge in [-0.25, -0.2) is 9.48 Å². The van der Waals surface area contributed by atoms with Crippen LogP contribution in [0.4, 0.5) is 0 Å². The summed E-state index contributed by atoms with van der Waals surface area (Å²) in [6.45, 7) is 4.80. The minimum atomic E-state index is -1.17. The van der Waals surface area contributed by atoms with Gasteiger partial charge in [0.1, 0.15) is 18.6 Å². The highest BCUT2D eigenvalue weighted by atomic mass is 32.2. The van der Waals surface area contributed by atoms with Gasteiger partial charge in [-0.05, 0) is 23.8 Å². The number of aromatic nitrogens is 4. The molecule has 3 saturated heterocycles. The molecule has 4 aliphatic rings. The van der Waals surface area contributed by atoms with Gasteiger partial charge in [-0.2, -0.15) is 0 Å². The molecular formula is C23H33N9O6S. The van der Waals surface area contributed by atoms with E-state index in [-0.39, 0.29) is 65.7 Å². The summed E-state index contributed by atoms with van der Waals surface area (Å²) in [7, 11) is 0. The maximum atomic E-state index is 13.1. The number of aliphatic carboxylic acids is 1. The molecule has 16 heteroatoms. The minimum Gasteiger partial charge on any atom is -0.477 e. The fourth-order valence-corrected chi connectivity index (χ4v) is 7.62. The zero-order chi connectivity index (χ0) is 28.0. The van der Waals surface area contributed by atoms with Crippen molar-refractivity contribution in [3.63, 3.8) is 0 Å². The van der Waals surface area contributed by atoms with Gasteiger partial charge in [0, 0.05) is 60.3 Å². The normalized spacial score (nSPS) is 32.8. The van der Waals surface area contributed by atoms with E-state index >= 15 is 0 Å². The molecule has 0 aromatic carbocycles. The first-order valence-corrected chi connectivity index (χ1v) is 13.8. The molecule has 1 aromatic rings. The van der Waals surface area contributed by atoms with Crippen molar-refractivity contribution in [2.45, 2.75) is 56.2 Å². The average molecular weight is 564 g/mol. The third kappa shape index (κ3) is 5.01. The van der Waals surface area contributed by atoms with Gasteiger partial charge in [0.25, 0.3) is 0 Å². The predicted molar refractivity (Wildman–Crippen MR) is 136 cm³/mol. The molecule has 0 spiro atoms. The number of tetrazole rings is 1. The smallest absolute Gasteiger partial charge is 0.353 e. The molecule has 1 unspecified atom stereocenters. The number of aliphatic hydroxyl groups is 1. The second-order valence-electron chi connectivity index (χ2n) is 10.7. The Labute approximate surface area is 228 Å². The lowest BCUT2D eigenvalue weighted by atomic mass is 9.78. The number of aliphatic hydroxyl groups excluding tert-OH is 1. The molecule has 3 fully saturated rings. The van der Waals surface area contributed by atoms with Crippen LogP contribution in [0.15, 0.2) is 16.9 Å². The first-order valence-electron chi connectivity index (χ1n) is 13.0. The van der Waals surface area contributed by atoms with Gasteiger partial charge in [-0.3, -0.25) is 14.4 Å². The van der Waals surface area contributed by atoms with Crippen molar-refractivity contribution in [3.8, 4) is 0 Å². The number of rotatable bonds is 9. The number of nitrogens with one attached hydrogen (secondary N) is 2. The van der Waals surface area contributed by atoms with Gasteiger partial charge in [-0.15, -0.1) is 16.9 Å². The summed E-state index contributed by atoms with van der Waals surface area (Å²) in [5, 5.41) is 36.1. The van der Waals surface area contributed by atoms with Gasteiger partial charge in [0.05, 0.1) is 18.0 Å². The molecule has 8 atom stereocenters. The summed E-state index contributed by atoms with van der Waals surface area (Å²) < 4.78 is 1.27. The summed E-state index contributed by atoms with van der Waals surface area (Å²) in [5.41, 5.74) is 6.02. The monoisotopic (exact) mass is 563 g/mol. The summed E-state index contributed by atoms with van der Waals surface area (Å²) >= 11 is 1.40. The number of thioether (sulfide) groups is 1. The van der Waals surface area contributed by atoms with Crippen molar-refractivity contribution < 1.29 is 29.4 Å². The van der Waals surface area contributed by atoms with Crippen LogP contribution in [-0.2, 0) is 25.7 Å². The largest absolute Gasteiger partial charge is 0.477 e. The highest BCUT2D eigenvalue weighted by Crippen LogP contribution is 2.51. The van der Waals surface area contributed by atoms with E-state index in [1.165, 1.54) is 27.7 Å².